The van der Waals surface area contributed by atoms with Crippen molar-refractivity contribution in [3.63, 3.8) is 0 Å². The molecule has 0 aliphatic carbocycles. The van der Waals surface area contributed by atoms with Gasteiger partial charge in [0.05, 0.1) is 0 Å². The Hall–Kier alpha value is -0.700. The van der Waals surface area contributed by atoms with E-state index in [9.17, 15) is 0 Å². The molecule has 0 aromatic rings. The summed E-state index contributed by atoms with van der Waals surface area (Å²) in [6.45, 7) is 1.74. The third-order valence-corrected chi connectivity index (χ3v) is 0.263. The van der Waals surface area contributed by atoms with Gasteiger partial charge < -0.3 is 17.6 Å². The van der Waals surface area contributed by atoms with Gasteiger partial charge in [-0.2, -0.15) is 0 Å². The number of nitrogens with two attached hydrogens (primary N) is 2. The SMILES string of the molecule is C/C(N)=C/N.N. The Kier molecular flexibility index (Phi) is 6.45. The Labute approximate surface area is 37.6 Å². The molecule has 0 spiro atoms. The van der Waals surface area contributed by atoms with E-state index in [0.29, 0.717) is 5.70 Å². The van der Waals surface area contributed by atoms with E-state index in [4.69, 9.17) is 11.5 Å². The van der Waals surface area contributed by atoms with Crippen molar-refractivity contribution in [2.24, 2.45) is 11.5 Å². The van der Waals surface area contributed by atoms with Crippen molar-refractivity contribution in [3.05, 3.63) is 11.9 Å². The Morgan fingerprint density at radius 2 is 1.83 bits per heavy atom. The van der Waals surface area contributed by atoms with Gasteiger partial charge in [-0.3, -0.25) is 0 Å². The van der Waals surface area contributed by atoms with Crippen molar-refractivity contribution in [3.8, 4) is 0 Å². The first-order valence-electron chi connectivity index (χ1n) is 1.41. The highest BCUT2D eigenvalue weighted by Crippen LogP contribution is 1.65. The lowest BCUT2D eigenvalue weighted by atomic mass is 10.6. The molecule has 0 radical (unpaired) electrons. The van der Waals surface area contributed by atoms with Gasteiger partial charge in [-0.15, -0.1) is 0 Å². The Bertz CT molecular complexity index is 44.0. The normalized spacial score (nSPS) is 9.83. The molecule has 0 heterocycles. The van der Waals surface area contributed by atoms with Crippen molar-refractivity contribution in [2.75, 3.05) is 0 Å². The second kappa shape index (κ2) is 4.30. The van der Waals surface area contributed by atoms with E-state index in [-0.39, 0.29) is 6.15 Å². The van der Waals surface area contributed by atoms with Crippen LogP contribution in [0.4, 0.5) is 0 Å². The van der Waals surface area contributed by atoms with E-state index in [2.05, 4.69) is 0 Å². The molecule has 0 rings (SSSR count). The predicted molar refractivity (Wildman–Crippen MR) is 27.2 cm³/mol. The van der Waals surface area contributed by atoms with Crippen LogP contribution in [-0.4, -0.2) is 0 Å². The fourth-order valence-corrected chi connectivity index (χ4v) is 0. The van der Waals surface area contributed by atoms with Crippen LogP contribution >= 0.6 is 0 Å². The molecule has 0 bridgehead atoms. The Morgan fingerprint density at radius 1 is 1.67 bits per heavy atom. The standard InChI is InChI=1S/C3H8N2.H3N/c1-3(5)2-4;/h2H,4-5H2,1H3;1H3/b3-2-;. The maximum absolute atomic E-state index is 5.03. The summed E-state index contributed by atoms with van der Waals surface area (Å²) < 4.78 is 0. The van der Waals surface area contributed by atoms with E-state index in [1.54, 1.807) is 6.92 Å². The van der Waals surface area contributed by atoms with Crippen LogP contribution < -0.4 is 17.6 Å². The average molecular weight is 89.1 g/mol. The van der Waals surface area contributed by atoms with Gasteiger partial charge >= 0.3 is 0 Å². The molecule has 0 atom stereocenters. The lowest BCUT2D eigenvalue weighted by Crippen LogP contribution is -1.93. The fourth-order valence-electron chi connectivity index (χ4n) is 0. The van der Waals surface area contributed by atoms with Crippen LogP contribution in [0.15, 0.2) is 11.9 Å². The second-order valence-electron chi connectivity index (χ2n) is 0.911. The molecule has 0 aliphatic rings. The van der Waals surface area contributed by atoms with Crippen molar-refractivity contribution in [1.82, 2.24) is 6.15 Å². The first kappa shape index (κ1) is 9.00. The van der Waals surface area contributed by atoms with E-state index in [0.717, 1.165) is 0 Å². The summed E-state index contributed by atoms with van der Waals surface area (Å²) in [5.41, 5.74) is 10.6. The van der Waals surface area contributed by atoms with Crippen molar-refractivity contribution in [1.29, 1.82) is 0 Å². The molecule has 0 aliphatic heterocycles. The zero-order chi connectivity index (χ0) is 4.28. The highest BCUT2D eigenvalue weighted by Gasteiger charge is 1.60. The maximum Gasteiger partial charge on any atom is 0.0206 e. The van der Waals surface area contributed by atoms with Crippen molar-refractivity contribution in [2.45, 2.75) is 6.92 Å². The smallest absolute Gasteiger partial charge is 0.0206 e. The van der Waals surface area contributed by atoms with Gasteiger partial charge in [-0.25, -0.2) is 0 Å². The van der Waals surface area contributed by atoms with Gasteiger partial charge in [0.15, 0.2) is 0 Å². The lowest BCUT2D eigenvalue weighted by molar-refractivity contribution is 1.28. The van der Waals surface area contributed by atoms with Gasteiger partial charge in [-0.1, -0.05) is 0 Å². The third-order valence-electron chi connectivity index (χ3n) is 0.263. The molecule has 0 saturated heterocycles. The van der Waals surface area contributed by atoms with Crippen LogP contribution in [0.1, 0.15) is 6.92 Å². The van der Waals surface area contributed by atoms with Gasteiger partial charge in [0, 0.05) is 11.9 Å². The predicted octanol–water partition coefficient (Wildman–Crippen LogP) is -0.0729. The van der Waals surface area contributed by atoms with Crippen LogP contribution in [-0.2, 0) is 0 Å². The lowest BCUT2D eigenvalue weighted by Gasteiger charge is -1.76. The van der Waals surface area contributed by atoms with Gasteiger partial charge in [-0.05, 0) is 6.92 Å². The highest BCUT2D eigenvalue weighted by molar-refractivity contribution is 4.85. The monoisotopic (exact) mass is 89.1 g/mol. The molecule has 0 aromatic carbocycles. The molecular formula is C3H11N3. The zero-order valence-corrected chi connectivity index (χ0v) is 3.94. The van der Waals surface area contributed by atoms with E-state index >= 15 is 0 Å². The molecule has 3 nitrogen and oxygen atoms in total. The van der Waals surface area contributed by atoms with Gasteiger partial charge in [0.2, 0.25) is 0 Å². The first-order valence-corrected chi connectivity index (χ1v) is 1.41. The minimum absolute atomic E-state index is 0. The summed E-state index contributed by atoms with van der Waals surface area (Å²) in [6.07, 6.45) is 1.36. The summed E-state index contributed by atoms with van der Waals surface area (Å²) in [4.78, 5) is 0. The average Bonchev–Trinajstić information content (AvgIpc) is 1.38. The molecular weight excluding hydrogens is 78.1 g/mol. The summed E-state index contributed by atoms with van der Waals surface area (Å²) >= 11 is 0. The van der Waals surface area contributed by atoms with Gasteiger partial charge in [0.1, 0.15) is 0 Å². The molecule has 0 saturated carbocycles. The summed E-state index contributed by atoms with van der Waals surface area (Å²) in [6, 6.07) is 0. The second-order valence-corrected chi connectivity index (χ2v) is 0.911. The molecule has 7 N–H and O–H groups in total. The molecule has 0 fully saturated rings. The van der Waals surface area contributed by atoms with Crippen molar-refractivity contribution < 1.29 is 0 Å². The number of hydrogen-bond acceptors (Lipinski definition) is 3. The number of hydrogen-bond donors (Lipinski definition) is 3. The minimum Gasteiger partial charge on any atom is -0.403 e. The fraction of sp³-hybridized carbons (Fsp3) is 0.333. The Morgan fingerprint density at radius 3 is 1.83 bits per heavy atom. The zero-order valence-electron chi connectivity index (χ0n) is 3.94. The summed E-state index contributed by atoms with van der Waals surface area (Å²) in [5, 5.41) is 0. The summed E-state index contributed by atoms with van der Waals surface area (Å²) in [5.74, 6) is 0. The topological polar surface area (TPSA) is 87.0 Å². The quantitative estimate of drug-likeness (QED) is 0.388. The molecule has 3 heteroatoms. The number of allylic oxidation sites excluding steroid dienone is 1. The van der Waals surface area contributed by atoms with E-state index in [1.165, 1.54) is 6.20 Å². The van der Waals surface area contributed by atoms with E-state index in [1.807, 2.05) is 0 Å². The van der Waals surface area contributed by atoms with Gasteiger partial charge in [0.25, 0.3) is 0 Å². The van der Waals surface area contributed by atoms with Crippen molar-refractivity contribution >= 4 is 0 Å². The minimum atomic E-state index is 0. The van der Waals surface area contributed by atoms with Crippen LogP contribution in [0, 0.1) is 0 Å². The largest absolute Gasteiger partial charge is 0.403 e. The van der Waals surface area contributed by atoms with Crippen LogP contribution in [0.3, 0.4) is 0 Å². The van der Waals surface area contributed by atoms with Crippen LogP contribution in [0.5, 0.6) is 0 Å². The van der Waals surface area contributed by atoms with Crippen LogP contribution in [0.2, 0.25) is 0 Å². The molecule has 0 amide bonds. The molecule has 0 unspecified atom stereocenters. The Balaban J connectivity index is 0. The van der Waals surface area contributed by atoms with E-state index < -0.39 is 0 Å². The molecule has 6 heavy (non-hydrogen) atoms. The highest BCUT2D eigenvalue weighted by atomic mass is 14.6. The third kappa shape index (κ3) is 10.3. The molecule has 38 valence electrons. The molecule has 0 aromatic heterocycles. The first-order chi connectivity index (χ1) is 2.27. The number of rotatable bonds is 0. The maximum atomic E-state index is 5.03. The van der Waals surface area contributed by atoms with Crippen LogP contribution in [0.25, 0.3) is 0 Å². The summed E-state index contributed by atoms with van der Waals surface area (Å²) in [7, 11) is 0.